The molecule has 0 saturated carbocycles. The molecule has 0 heterocycles. The fraction of sp³-hybridized carbons (Fsp3) is 0.0588. The van der Waals surface area contributed by atoms with E-state index in [1.807, 2.05) is 66.8 Å². The van der Waals surface area contributed by atoms with Gasteiger partial charge in [0, 0.05) is 0 Å². The summed E-state index contributed by atoms with van der Waals surface area (Å²) in [6.45, 7) is 0.608. The van der Waals surface area contributed by atoms with Gasteiger partial charge in [-0.1, -0.05) is 72.8 Å². The third-order valence-corrected chi connectivity index (χ3v) is 2.47. The van der Waals surface area contributed by atoms with Gasteiger partial charge in [0.05, 0.1) is 6.26 Å². The molecule has 18 heavy (non-hydrogen) atoms. The standard InChI is InChI=1S/C17H16O/c1-3-9-16(10-4-1)11-7-8-14-18-15-17-12-5-2-6-13-17/h1-14H,15H2/b11-7+,14-8+. The molecule has 0 aromatic heterocycles. The van der Waals surface area contributed by atoms with E-state index in [9.17, 15) is 0 Å². The van der Waals surface area contributed by atoms with Gasteiger partial charge < -0.3 is 4.74 Å². The summed E-state index contributed by atoms with van der Waals surface area (Å²) in [6, 6.07) is 20.3. The zero-order valence-corrected chi connectivity index (χ0v) is 10.2. The summed E-state index contributed by atoms with van der Waals surface area (Å²) < 4.78 is 5.43. The minimum atomic E-state index is 0.608. The molecule has 0 N–H and O–H groups in total. The van der Waals surface area contributed by atoms with Gasteiger partial charge in [-0.05, 0) is 17.2 Å². The van der Waals surface area contributed by atoms with Crippen molar-refractivity contribution in [2.24, 2.45) is 0 Å². The largest absolute Gasteiger partial charge is 0.497 e. The number of hydrogen-bond donors (Lipinski definition) is 0. The summed E-state index contributed by atoms with van der Waals surface area (Å²) in [5, 5.41) is 0. The van der Waals surface area contributed by atoms with Gasteiger partial charge in [-0.15, -0.1) is 0 Å². The molecule has 90 valence electrons. The predicted octanol–water partition coefficient (Wildman–Crippen LogP) is 4.43. The summed E-state index contributed by atoms with van der Waals surface area (Å²) >= 11 is 0. The van der Waals surface area contributed by atoms with Crippen LogP contribution >= 0.6 is 0 Å². The monoisotopic (exact) mass is 236 g/mol. The zero-order valence-electron chi connectivity index (χ0n) is 10.2. The van der Waals surface area contributed by atoms with Crippen molar-refractivity contribution in [3.63, 3.8) is 0 Å². The molecule has 1 heteroatoms. The smallest absolute Gasteiger partial charge is 0.112 e. The molecule has 0 spiro atoms. The number of allylic oxidation sites excluding steroid dienone is 2. The van der Waals surface area contributed by atoms with E-state index in [1.165, 1.54) is 11.1 Å². The molecule has 2 aromatic rings. The average molecular weight is 236 g/mol. The normalized spacial score (nSPS) is 11.1. The van der Waals surface area contributed by atoms with Gasteiger partial charge in [0.25, 0.3) is 0 Å². The van der Waals surface area contributed by atoms with Crippen LogP contribution in [0.15, 0.2) is 79.1 Å². The van der Waals surface area contributed by atoms with Crippen molar-refractivity contribution >= 4 is 6.08 Å². The Labute approximate surface area is 108 Å². The van der Waals surface area contributed by atoms with Crippen molar-refractivity contribution in [3.05, 3.63) is 90.2 Å². The molecular weight excluding hydrogens is 220 g/mol. The van der Waals surface area contributed by atoms with E-state index < -0.39 is 0 Å². The minimum absolute atomic E-state index is 0.608. The summed E-state index contributed by atoms with van der Waals surface area (Å²) in [5.74, 6) is 0. The fourth-order valence-electron chi connectivity index (χ4n) is 1.55. The van der Waals surface area contributed by atoms with Gasteiger partial charge in [0.1, 0.15) is 6.61 Å². The summed E-state index contributed by atoms with van der Waals surface area (Å²) in [4.78, 5) is 0. The van der Waals surface area contributed by atoms with Gasteiger partial charge >= 0.3 is 0 Å². The SMILES string of the molecule is C(/C=C/c1ccccc1)=C\OCc1ccccc1. The number of benzene rings is 2. The Hall–Kier alpha value is -2.28. The van der Waals surface area contributed by atoms with Crippen LogP contribution in [0.5, 0.6) is 0 Å². The maximum Gasteiger partial charge on any atom is 0.112 e. The second kappa shape index (κ2) is 7.13. The molecule has 0 amide bonds. The lowest BCUT2D eigenvalue weighted by atomic mass is 10.2. The van der Waals surface area contributed by atoms with Crippen LogP contribution in [0.25, 0.3) is 6.08 Å². The van der Waals surface area contributed by atoms with Crippen molar-refractivity contribution in [1.82, 2.24) is 0 Å². The molecule has 0 atom stereocenters. The molecular formula is C17H16O. The average Bonchev–Trinajstić information content (AvgIpc) is 2.45. The molecule has 0 bridgehead atoms. The maximum atomic E-state index is 5.43. The Kier molecular flexibility index (Phi) is 4.82. The lowest BCUT2D eigenvalue weighted by Crippen LogP contribution is -1.84. The first-order valence-corrected chi connectivity index (χ1v) is 5.99. The molecule has 0 saturated heterocycles. The third-order valence-electron chi connectivity index (χ3n) is 2.47. The first kappa shape index (κ1) is 12.2. The van der Waals surface area contributed by atoms with E-state index in [0.29, 0.717) is 6.61 Å². The van der Waals surface area contributed by atoms with E-state index >= 15 is 0 Å². The van der Waals surface area contributed by atoms with Crippen LogP contribution in [0.4, 0.5) is 0 Å². The lowest BCUT2D eigenvalue weighted by molar-refractivity contribution is 0.236. The highest BCUT2D eigenvalue weighted by molar-refractivity contribution is 5.50. The molecule has 2 rings (SSSR count). The van der Waals surface area contributed by atoms with Crippen LogP contribution in [0.2, 0.25) is 0 Å². The number of hydrogen-bond acceptors (Lipinski definition) is 1. The third kappa shape index (κ3) is 4.30. The second-order valence-corrected chi connectivity index (χ2v) is 3.89. The molecule has 0 fully saturated rings. The molecule has 0 aliphatic heterocycles. The second-order valence-electron chi connectivity index (χ2n) is 3.89. The first-order valence-electron chi connectivity index (χ1n) is 5.99. The van der Waals surface area contributed by atoms with E-state index in [0.717, 1.165) is 0 Å². The lowest BCUT2D eigenvalue weighted by Gasteiger charge is -1.99. The first-order chi connectivity index (χ1) is 8.95. The Balaban J connectivity index is 1.74. The highest BCUT2D eigenvalue weighted by atomic mass is 16.5. The Bertz CT molecular complexity index is 498. The molecule has 2 aromatic carbocycles. The van der Waals surface area contributed by atoms with Crippen molar-refractivity contribution in [1.29, 1.82) is 0 Å². The van der Waals surface area contributed by atoms with Gasteiger partial charge in [-0.2, -0.15) is 0 Å². The van der Waals surface area contributed by atoms with Gasteiger partial charge in [0.2, 0.25) is 0 Å². The summed E-state index contributed by atoms with van der Waals surface area (Å²) in [5.41, 5.74) is 2.36. The number of rotatable bonds is 5. The Morgan fingerprint density at radius 1 is 0.778 bits per heavy atom. The van der Waals surface area contributed by atoms with Gasteiger partial charge in [0.15, 0.2) is 0 Å². The van der Waals surface area contributed by atoms with Crippen molar-refractivity contribution < 1.29 is 4.74 Å². The van der Waals surface area contributed by atoms with Crippen LogP contribution in [0.3, 0.4) is 0 Å². The fourth-order valence-corrected chi connectivity index (χ4v) is 1.55. The highest BCUT2D eigenvalue weighted by Crippen LogP contribution is 2.02. The Morgan fingerprint density at radius 2 is 1.44 bits per heavy atom. The van der Waals surface area contributed by atoms with Crippen LogP contribution in [0.1, 0.15) is 11.1 Å². The van der Waals surface area contributed by atoms with Gasteiger partial charge in [-0.3, -0.25) is 0 Å². The van der Waals surface area contributed by atoms with Gasteiger partial charge in [-0.25, -0.2) is 0 Å². The summed E-state index contributed by atoms with van der Waals surface area (Å²) in [7, 11) is 0. The van der Waals surface area contributed by atoms with Crippen molar-refractivity contribution in [2.75, 3.05) is 0 Å². The van der Waals surface area contributed by atoms with E-state index in [1.54, 1.807) is 6.26 Å². The molecule has 0 radical (unpaired) electrons. The molecule has 1 nitrogen and oxygen atoms in total. The summed E-state index contributed by atoms with van der Waals surface area (Å²) in [6.07, 6.45) is 7.63. The predicted molar refractivity (Wildman–Crippen MR) is 75.8 cm³/mol. The van der Waals surface area contributed by atoms with Crippen LogP contribution in [-0.2, 0) is 11.3 Å². The molecule has 0 aliphatic carbocycles. The van der Waals surface area contributed by atoms with Crippen LogP contribution in [-0.4, -0.2) is 0 Å². The molecule has 0 unspecified atom stereocenters. The van der Waals surface area contributed by atoms with Crippen LogP contribution < -0.4 is 0 Å². The Morgan fingerprint density at radius 3 is 2.17 bits per heavy atom. The topological polar surface area (TPSA) is 9.23 Å². The highest BCUT2D eigenvalue weighted by Gasteiger charge is 1.87. The van der Waals surface area contributed by atoms with Crippen molar-refractivity contribution in [3.8, 4) is 0 Å². The van der Waals surface area contributed by atoms with E-state index in [2.05, 4.69) is 12.1 Å². The van der Waals surface area contributed by atoms with Crippen LogP contribution in [0, 0.1) is 0 Å². The quantitative estimate of drug-likeness (QED) is 0.551. The minimum Gasteiger partial charge on any atom is -0.497 e. The van der Waals surface area contributed by atoms with E-state index in [-0.39, 0.29) is 0 Å². The molecule has 0 aliphatic rings. The maximum absolute atomic E-state index is 5.43. The van der Waals surface area contributed by atoms with Crippen molar-refractivity contribution in [2.45, 2.75) is 6.61 Å². The van der Waals surface area contributed by atoms with E-state index in [4.69, 9.17) is 4.74 Å². The number of ether oxygens (including phenoxy) is 1. The zero-order chi connectivity index (χ0) is 12.5.